The lowest BCUT2D eigenvalue weighted by Gasteiger charge is -2.30. The van der Waals surface area contributed by atoms with E-state index < -0.39 is 0 Å². The fourth-order valence-corrected chi connectivity index (χ4v) is 4.11. The zero-order chi connectivity index (χ0) is 15.2. The smallest absolute Gasteiger partial charge is 0.124 e. The number of halogens is 1. The van der Waals surface area contributed by atoms with E-state index in [1.807, 2.05) is 0 Å². The number of hydrogen-bond donors (Lipinski definition) is 2. The molecule has 4 nitrogen and oxygen atoms in total. The van der Waals surface area contributed by atoms with Crippen molar-refractivity contribution in [1.82, 2.24) is 5.32 Å². The number of rotatable bonds is 3. The Labute approximate surface area is 130 Å². The number of fused-ring (bicyclic) bond motifs is 3. The summed E-state index contributed by atoms with van der Waals surface area (Å²) in [5.74, 6) is 0.578. The predicted molar refractivity (Wildman–Crippen MR) is 81.3 cm³/mol. The van der Waals surface area contributed by atoms with Crippen LogP contribution in [0, 0.1) is 5.82 Å². The molecule has 2 aliphatic heterocycles. The topological polar surface area (TPSA) is 56.5 Å². The Kier molecular flexibility index (Phi) is 3.40. The van der Waals surface area contributed by atoms with Crippen molar-refractivity contribution in [3.05, 3.63) is 29.6 Å². The highest BCUT2D eigenvalue weighted by atomic mass is 19.1. The number of ether oxygens (including phenoxy) is 2. The molecule has 1 saturated heterocycles. The van der Waals surface area contributed by atoms with E-state index in [-0.39, 0.29) is 23.0 Å². The molecule has 5 heteroatoms. The summed E-state index contributed by atoms with van der Waals surface area (Å²) in [6.07, 6.45) is 4.87. The second-order valence-electron chi connectivity index (χ2n) is 7.12. The van der Waals surface area contributed by atoms with E-state index in [9.17, 15) is 4.39 Å². The largest absolute Gasteiger partial charge is 0.493 e. The van der Waals surface area contributed by atoms with E-state index in [0.29, 0.717) is 13.2 Å². The van der Waals surface area contributed by atoms with Crippen molar-refractivity contribution in [3.8, 4) is 5.75 Å². The van der Waals surface area contributed by atoms with Crippen LogP contribution in [0.2, 0.25) is 0 Å². The van der Waals surface area contributed by atoms with E-state index >= 15 is 0 Å². The molecule has 1 saturated carbocycles. The van der Waals surface area contributed by atoms with Gasteiger partial charge in [0.05, 0.1) is 18.8 Å². The van der Waals surface area contributed by atoms with Crippen molar-refractivity contribution in [2.75, 3.05) is 19.8 Å². The maximum Gasteiger partial charge on any atom is 0.124 e. The molecule has 3 N–H and O–H groups in total. The minimum atomic E-state index is -0.215. The van der Waals surface area contributed by atoms with Crippen LogP contribution in [-0.2, 0) is 4.74 Å². The van der Waals surface area contributed by atoms with Gasteiger partial charge in [-0.15, -0.1) is 0 Å². The van der Waals surface area contributed by atoms with Crippen LogP contribution < -0.4 is 15.8 Å². The first kappa shape index (κ1) is 14.4. The Morgan fingerprint density at radius 1 is 1.36 bits per heavy atom. The lowest BCUT2D eigenvalue weighted by Crippen LogP contribution is -2.41. The van der Waals surface area contributed by atoms with Crippen molar-refractivity contribution in [2.45, 2.75) is 49.3 Å². The molecule has 2 heterocycles. The molecule has 4 rings (SSSR count). The fourth-order valence-electron chi connectivity index (χ4n) is 4.11. The Bertz CT molecular complexity index is 570. The van der Waals surface area contributed by atoms with Crippen LogP contribution in [0.25, 0.3) is 0 Å². The van der Waals surface area contributed by atoms with Gasteiger partial charge in [0.25, 0.3) is 0 Å². The minimum Gasteiger partial charge on any atom is -0.493 e. The molecule has 3 unspecified atom stereocenters. The molecule has 1 aromatic rings. The summed E-state index contributed by atoms with van der Waals surface area (Å²) in [5, 5.41) is 3.60. The van der Waals surface area contributed by atoms with Crippen LogP contribution >= 0.6 is 0 Å². The highest BCUT2D eigenvalue weighted by Crippen LogP contribution is 2.45. The molecule has 0 amide bonds. The SMILES string of the molecule is NC12CCC(CNC3CCCOc4ccc(F)cc43)(C1)OC2. The molecular formula is C17H23FN2O2. The third kappa shape index (κ3) is 2.51. The first-order chi connectivity index (χ1) is 10.6. The first-order valence-corrected chi connectivity index (χ1v) is 8.16. The molecule has 22 heavy (non-hydrogen) atoms. The summed E-state index contributed by atoms with van der Waals surface area (Å²) >= 11 is 0. The number of benzene rings is 1. The van der Waals surface area contributed by atoms with Gasteiger partial charge in [0.2, 0.25) is 0 Å². The van der Waals surface area contributed by atoms with Crippen molar-refractivity contribution < 1.29 is 13.9 Å². The van der Waals surface area contributed by atoms with E-state index in [1.54, 1.807) is 12.1 Å². The standard InChI is InChI=1S/C17H23FN2O2/c18-12-3-4-15-13(8-12)14(2-1-7-21-15)20-10-17-6-5-16(19,9-17)11-22-17/h3-4,8,14,20H,1-2,5-7,9-11,19H2. The van der Waals surface area contributed by atoms with Crippen molar-refractivity contribution in [1.29, 1.82) is 0 Å². The maximum atomic E-state index is 13.6. The molecule has 3 aliphatic rings. The number of nitrogens with two attached hydrogens (primary N) is 1. The average molecular weight is 306 g/mol. The lowest BCUT2D eigenvalue weighted by molar-refractivity contribution is -0.0199. The van der Waals surface area contributed by atoms with Crippen LogP contribution in [0.1, 0.15) is 43.7 Å². The summed E-state index contributed by atoms with van der Waals surface area (Å²) in [6.45, 7) is 2.12. The number of nitrogens with one attached hydrogen (secondary N) is 1. The first-order valence-electron chi connectivity index (χ1n) is 8.16. The van der Waals surface area contributed by atoms with Crippen molar-refractivity contribution in [3.63, 3.8) is 0 Å². The molecule has 1 aromatic carbocycles. The van der Waals surface area contributed by atoms with Gasteiger partial charge in [-0.3, -0.25) is 0 Å². The van der Waals surface area contributed by atoms with Crippen LogP contribution in [0.4, 0.5) is 4.39 Å². The van der Waals surface area contributed by atoms with Gasteiger partial charge in [0, 0.05) is 23.7 Å². The summed E-state index contributed by atoms with van der Waals surface area (Å²) in [4.78, 5) is 0. The normalized spacial score (nSPS) is 36.7. The molecule has 1 aliphatic carbocycles. The molecular weight excluding hydrogens is 283 g/mol. The number of hydrogen-bond acceptors (Lipinski definition) is 4. The van der Waals surface area contributed by atoms with E-state index in [1.165, 1.54) is 6.07 Å². The van der Waals surface area contributed by atoms with E-state index in [4.69, 9.17) is 15.2 Å². The highest BCUT2D eigenvalue weighted by Gasteiger charge is 2.53. The van der Waals surface area contributed by atoms with Crippen LogP contribution in [0.5, 0.6) is 5.75 Å². The summed E-state index contributed by atoms with van der Waals surface area (Å²) < 4.78 is 25.3. The molecule has 0 radical (unpaired) electrons. The van der Waals surface area contributed by atoms with Gasteiger partial charge < -0.3 is 20.5 Å². The molecule has 2 fully saturated rings. The quantitative estimate of drug-likeness (QED) is 0.899. The van der Waals surface area contributed by atoms with Crippen molar-refractivity contribution in [2.24, 2.45) is 5.73 Å². The molecule has 2 bridgehead atoms. The van der Waals surface area contributed by atoms with Gasteiger partial charge in [-0.1, -0.05) is 0 Å². The molecule has 120 valence electrons. The third-order valence-electron chi connectivity index (χ3n) is 5.33. The Morgan fingerprint density at radius 3 is 3.00 bits per heavy atom. The second kappa shape index (κ2) is 5.18. The average Bonchev–Trinajstić information content (AvgIpc) is 2.93. The molecule has 0 spiro atoms. The summed E-state index contributed by atoms with van der Waals surface area (Å²) in [5.41, 5.74) is 6.96. The van der Waals surface area contributed by atoms with Gasteiger partial charge in [0.1, 0.15) is 11.6 Å². The highest BCUT2D eigenvalue weighted by molar-refractivity contribution is 5.37. The van der Waals surface area contributed by atoms with Crippen LogP contribution in [-0.4, -0.2) is 30.9 Å². The summed E-state index contributed by atoms with van der Waals surface area (Å²) in [6, 6.07) is 4.89. The van der Waals surface area contributed by atoms with E-state index in [2.05, 4.69) is 5.32 Å². The fraction of sp³-hybridized carbons (Fsp3) is 0.647. The maximum absolute atomic E-state index is 13.6. The Balaban J connectivity index is 1.50. The third-order valence-corrected chi connectivity index (χ3v) is 5.33. The van der Waals surface area contributed by atoms with Gasteiger partial charge >= 0.3 is 0 Å². The van der Waals surface area contributed by atoms with Gasteiger partial charge in [0.15, 0.2) is 0 Å². The van der Waals surface area contributed by atoms with Crippen molar-refractivity contribution >= 4 is 0 Å². The van der Waals surface area contributed by atoms with Crippen LogP contribution in [0.15, 0.2) is 18.2 Å². The van der Waals surface area contributed by atoms with Gasteiger partial charge in [-0.05, 0) is 50.3 Å². The molecule has 3 atom stereocenters. The van der Waals surface area contributed by atoms with Gasteiger partial charge in [-0.2, -0.15) is 0 Å². The zero-order valence-corrected chi connectivity index (χ0v) is 12.7. The lowest BCUT2D eigenvalue weighted by atomic mass is 9.97. The Morgan fingerprint density at radius 2 is 2.27 bits per heavy atom. The summed E-state index contributed by atoms with van der Waals surface area (Å²) in [7, 11) is 0. The van der Waals surface area contributed by atoms with Gasteiger partial charge in [-0.25, -0.2) is 4.39 Å². The predicted octanol–water partition coefficient (Wildman–Crippen LogP) is 2.28. The Hall–Kier alpha value is -1.17. The monoisotopic (exact) mass is 306 g/mol. The minimum absolute atomic E-state index is 0.111. The zero-order valence-electron chi connectivity index (χ0n) is 12.7. The molecule has 0 aromatic heterocycles. The van der Waals surface area contributed by atoms with E-state index in [0.717, 1.165) is 50.0 Å². The second-order valence-corrected chi connectivity index (χ2v) is 7.12. The van der Waals surface area contributed by atoms with Crippen LogP contribution in [0.3, 0.4) is 0 Å².